The van der Waals surface area contributed by atoms with Crippen molar-refractivity contribution >= 4 is 13.8 Å². The van der Waals surface area contributed by atoms with Crippen LogP contribution in [0.4, 0.5) is 0 Å². The van der Waals surface area contributed by atoms with Crippen molar-refractivity contribution in [1.82, 2.24) is 0 Å². The number of likely N-dealkylation sites (N-methyl/N-ethyl adjacent to an activating group) is 1. The number of quaternary nitrogens is 1. The average Bonchev–Trinajstić information content (AvgIpc) is 3.08. The fraction of sp³-hybridized carbons (Fsp3) is 0.929. The molecule has 0 aliphatic rings. The molecule has 2 atom stereocenters. The second-order valence-electron chi connectivity index (χ2n) is 15.7. The molecule has 0 aromatic rings. The van der Waals surface area contributed by atoms with Crippen molar-refractivity contribution < 1.29 is 37.3 Å². The van der Waals surface area contributed by atoms with Crippen molar-refractivity contribution in [1.29, 1.82) is 0 Å². The highest BCUT2D eigenvalue weighted by atomic mass is 31.2. The number of phosphoric acid groups is 1. The lowest BCUT2D eigenvalue weighted by Gasteiger charge is -2.24. The number of phosphoric ester groups is 1. The minimum Gasteiger partial charge on any atom is -0.457 e. The zero-order valence-corrected chi connectivity index (χ0v) is 35.3. The Kier molecular flexibility index (Phi) is 35.7. The molecule has 304 valence electrons. The summed E-state index contributed by atoms with van der Waals surface area (Å²) < 4.78 is 34.9. The number of unbranched alkanes of at least 4 members (excludes halogenated alkanes) is 24. The lowest BCUT2D eigenvalue weighted by Crippen LogP contribution is -2.37. The first-order chi connectivity index (χ1) is 24.6. The Hall–Kier alpha value is -0.760. The smallest absolute Gasteiger partial charge is 0.457 e. The number of carbonyl (C=O) groups is 1. The molecule has 0 spiro atoms. The van der Waals surface area contributed by atoms with E-state index < -0.39 is 13.9 Å². The lowest BCUT2D eigenvalue weighted by molar-refractivity contribution is -0.870. The summed E-state index contributed by atoms with van der Waals surface area (Å²) in [5.74, 6) is -0.315. The van der Waals surface area contributed by atoms with Crippen LogP contribution in [0.2, 0.25) is 0 Å². The highest BCUT2D eigenvalue weighted by molar-refractivity contribution is 7.47. The van der Waals surface area contributed by atoms with Gasteiger partial charge in [-0.05, 0) is 38.5 Å². The largest absolute Gasteiger partial charge is 0.472 e. The predicted molar refractivity (Wildman–Crippen MR) is 215 cm³/mol. The van der Waals surface area contributed by atoms with Gasteiger partial charge in [0.2, 0.25) is 0 Å². The lowest BCUT2D eigenvalue weighted by atomic mass is 10.1. The molecule has 0 aliphatic carbocycles. The molecule has 0 amide bonds. The molecule has 0 saturated heterocycles. The molecule has 0 saturated carbocycles. The fourth-order valence-corrected chi connectivity index (χ4v) is 6.70. The number of hydrogen-bond acceptors (Lipinski definition) is 6. The molecule has 0 fully saturated rings. The first-order valence-corrected chi connectivity index (χ1v) is 22.9. The van der Waals surface area contributed by atoms with Crippen molar-refractivity contribution in [2.75, 3.05) is 54.1 Å². The molecular weight excluding hydrogens is 661 g/mol. The van der Waals surface area contributed by atoms with Gasteiger partial charge in [-0.15, -0.1) is 0 Å². The van der Waals surface area contributed by atoms with E-state index in [0.29, 0.717) is 24.1 Å². The van der Waals surface area contributed by atoms with Gasteiger partial charge >= 0.3 is 13.8 Å². The first-order valence-electron chi connectivity index (χ1n) is 21.4. The van der Waals surface area contributed by atoms with E-state index in [1.165, 1.54) is 141 Å². The molecule has 0 rings (SSSR count). The molecule has 0 aromatic carbocycles. The van der Waals surface area contributed by atoms with Gasteiger partial charge in [0, 0.05) is 13.0 Å². The number of hydrogen-bond donors (Lipinski definition) is 1. The summed E-state index contributed by atoms with van der Waals surface area (Å²) in [5.41, 5.74) is 0. The van der Waals surface area contributed by atoms with Gasteiger partial charge in [-0.1, -0.05) is 161 Å². The number of rotatable bonds is 40. The van der Waals surface area contributed by atoms with Crippen LogP contribution < -0.4 is 0 Å². The van der Waals surface area contributed by atoms with Crippen molar-refractivity contribution in [3.8, 4) is 0 Å². The third-order valence-corrected chi connectivity index (χ3v) is 10.3. The molecule has 1 N–H and O–H groups in total. The Bertz CT molecular complexity index is 833. The van der Waals surface area contributed by atoms with Crippen molar-refractivity contribution in [2.24, 2.45) is 0 Å². The van der Waals surface area contributed by atoms with E-state index >= 15 is 0 Å². The van der Waals surface area contributed by atoms with Gasteiger partial charge in [-0.3, -0.25) is 13.8 Å². The Morgan fingerprint density at radius 1 is 0.588 bits per heavy atom. The van der Waals surface area contributed by atoms with Crippen LogP contribution in [0.15, 0.2) is 12.2 Å². The van der Waals surface area contributed by atoms with Gasteiger partial charge in [-0.2, -0.15) is 0 Å². The topological polar surface area (TPSA) is 91.3 Å². The van der Waals surface area contributed by atoms with E-state index in [1.807, 2.05) is 21.1 Å². The van der Waals surface area contributed by atoms with E-state index in [2.05, 4.69) is 26.0 Å². The monoisotopic (exact) mass is 747 g/mol. The molecule has 0 aliphatic heterocycles. The van der Waals surface area contributed by atoms with E-state index in [4.69, 9.17) is 18.5 Å². The number of ether oxygens (including phenoxy) is 2. The van der Waals surface area contributed by atoms with E-state index in [-0.39, 0.29) is 25.8 Å². The normalized spacial score (nSPS) is 13.9. The molecular formula is C42H85NO7P+. The summed E-state index contributed by atoms with van der Waals surface area (Å²) in [6.45, 7) is 5.62. The van der Waals surface area contributed by atoms with E-state index in [0.717, 1.165) is 32.1 Å². The van der Waals surface area contributed by atoms with Crippen LogP contribution >= 0.6 is 7.82 Å². The molecule has 9 heteroatoms. The van der Waals surface area contributed by atoms with Gasteiger partial charge in [-0.25, -0.2) is 4.57 Å². The fourth-order valence-electron chi connectivity index (χ4n) is 5.96. The molecule has 8 nitrogen and oxygen atoms in total. The second kappa shape index (κ2) is 36.2. The minimum absolute atomic E-state index is 0.0914. The summed E-state index contributed by atoms with van der Waals surface area (Å²) in [6, 6.07) is 0. The number of allylic oxidation sites excluding steroid dienone is 2. The van der Waals surface area contributed by atoms with Gasteiger partial charge in [0.15, 0.2) is 0 Å². The van der Waals surface area contributed by atoms with Crippen LogP contribution in [0.1, 0.15) is 194 Å². The predicted octanol–water partition coefficient (Wildman–Crippen LogP) is 12.3. The Morgan fingerprint density at radius 3 is 1.49 bits per heavy atom. The summed E-state index contributed by atoms with van der Waals surface area (Å²) in [7, 11) is 1.68. The summed E-state index contributed by atoms with van der Waals surface area (Å²) in [5, 5.41) is 0. The van der Waals surface area contributed by atoms with Crippen LogP contribution in [-0.4, -0.2) is 75.6 Å². The Morgan fingerprint density at radius 2 is 1.02 bits per heavy atom. The van der Waals surface area contributed by atoms with Crippen LogP contribution in [0.25, 0.3) is 0 Å². The van der Waals surface area contributed by atoms with Crippen molar-refractivity contribution in [2.45, 2.75) is 200 Å². The van der Waals surface area contributed by atoms with Crippen LogP contribution in [-0.2, 0) is 27.9 Å². The zero-order valence-electron chi connectivity index (χ0n) is 34.4. The third kappa shape index (κ3) is 40.3. The highest BCUT2D eigenvalue weighted by Gasteiger charge is 2.26. The molecule has 0 heterocycles. The molecule has 51 heavy (non-hydrogen) atoms. The molecule has 0 aromatic heterocycles. The summed E-state index contributed by atoms with van der Waals surface area (Å²) in [4.78, 5) is 22.7. The molecule has 0 radical (unpaired) electrons. The first kappa shape index (κ1) is 50.2. The van der Waals surface area contributed by atoms with E-state index in [9.17, 15) is 14.3 Å². The zero-order chi connectivity index (χ0) is 37.7. The van der Waals surface area contributed by atoms with Gasteiger partial charge < -0.3 is 18.9 Å². The Balaban J connectivity index is 4.11. The van der Waals surface area contributed by atoms with Gasteiger partial charge in [0.1, 0.15) is 19.3 Å². The number of esters is 1. The van der Waals surface area contributed by atoms with E-state index in [1.54, 1.807) is 0 Å². The average molecular weight is 747 g/mol. The third-order valence-electron chi connectivity index (χ3n) is 9.33. The number of carbonyl (C=O) groups excluding carboxylic acids is 1. The quantitative estimate of drug-likeness (QED) is 0.0219. The van der Waals surface area contributed by atoms with Crippen LogP contribution in [0, 0.1) is 0 Å². The maximum atomic E-state index is 12.6. The van der Waals surface area contributed by atoms with Crippen molar-refractivity contribution in [3.63, 3.8) is 0 Å². The SMILES string of the molecule is CCCCCCCC/C=C\CCCCCCCCCCCCOCC(COP(=O)(O)OCC[N+](C)(C)C)OC(=O)CCCCCCCCCCC. The summed E-state index contributed by atoms with van der Waals surface area (Å²) in [6.07, 6.45) is 38.2. The standard InChI is InChI=1S/C42H84NO7P/c1-6-8-10-12-14-16-17-18-19-20-21-22-23-24-25-26-28-30-32-34-37-47-39-41(40-49-51(45,46)48-38-36-43(3,4)5)50-42(44)35-33-31-29-27-15-13-11-9-7-2/h18-19,41H,6-17,20-40H2,1-5H3/p+1/b19-18-. The number of nitrogens with zero attached hydrogens (tertiary/aromatic N) is 1. The minimum atomic E-state index is -4.26. The molecule has 2 unspecified atom stereocenters. The van der Waals surface area contributed by atoms with Gasteiger partial charge in [0.05, 0.1) is 34.4 Å². The van der Waals surface area contributed by atoms with Crippen LogP contribution in [0.3, 0.4) is 0 Å². The van der Waals surface area contributed by atoms with Gasteiger partial charge in [0.25, 0.3) is 0 Å². The second-order valence-corrected chi connectivity index (χ2v) is 17.2. The summed E-state index contributed by atoms with van der Waals surface area (Å²) >= 11 is 0. The van der Waals surface area contributed by atoms with Crippen LogP contribution in [0.5, 0.6) is 0 Å². The molecule has 0 bridgehead atoms. The maximum absolute atomic E-state index is 12.6. The Labute approximate surface area is 316 Å². The van der Waals surface area contributed by atoms with Crippen molar-refractivity contribution in [3.05, 3.63) is 12.2 Å². The highest BCUT2D eigenvalue weighted by Crippen LogP contribution is 2.43. The maximum Gasteiger partial charge on any atom is 0.472 e.